The molecule has 0 fully saturated rings. The van der Waals surface area contributed by atoms with Crippen LogP contribution in [0.15, 0.2) is 47.1 Å². The molecule has 0 spiro atoms. The second-order valence-corrected chi connectivity index (χ2v) is 6.61. The summed E-state index contributed by atoms with van der Waals surface area (Å²) in [4.78, 5) is 16.5. The molecule has 144 valence electrons. The number of hydrogen-bond donors (Lipinski definition) is 1. The molecule has 0 saturated heterocycles. The summed E-state index contributed by atoms with van der Waals surface area (Å²) < 4.78 is 16.6. The van der Waals surface area contributed by atoms with Crippen molar-refractivity contribution in [3.05, 3.63) is 59.4 Å². The summed E-state index contributed by atoms with van der Waals surface area (Å²) in [5, 5.41) is 6.87. The van der Waals surface area contributed by atoms with Crippen molar-refractivity contribution < 1.29 is 18.8 Å². The van der Waals surface area contributed by atoms with E-state index >= 15 is 0 Å². The number of rotatable bonds is 6. The van der Waals surface area contributed by atoms with Gasteiger partial charge in [0.2, 0.25) is 5.88 Å². The maximum absolute atomic E-state index is 12.4. The molecule has 0 radical (unpaired) electrons. The molecule has 1 aliphatic rings. The third kappa shape index (κ3) is 3.69. The van der Waals surface area contributed by atoms with Crippen LogP contribution in [0.3, 0.4) is 0 Å². The zero-order valence-electron chi connectivity index (χ0n) is 15.8. The number of amides is 1. The molecule has 1 aliphatic heterocycles. The first-order valence-corrected chi connectivity index (χ1v) is 9.25. The molecule has 1 unspecified atom stereocenters. The van der Waals surface area contributed by atoms with Gasteiger partial charge in [0.15, 0.2) is 5.76 Å². The van der Waals surface area contributed by atoms with Crippen molar-refractivity contribution in [1.29, 1.82) is 0 Å². The van der Waals surface area contributed by atoms with E-state index in [-0.39, 0.29) is 18.6 Å². The van der Waals surface area contributed by atoms with Crippen molar-refractivity contribution >= 4 is 5.91 Å². The summed E-state index contributed by atoms with van der Waals surface area (Å²) in [5.41, 5.74) is 3.10. The number of ether oxygens (including phenoxy) is 2. The van der Waals surface area contributed by atoms with E-state index in [9.17, 15) is 4.79 Å². The van der Waals surface area contributed by atoms with Gasteiger partial charge in [-0.2, -0.15) is 0 Å². The van der Waals surface area contributed by atoms with Crippen LogP contribution in [0.4, 0.5) is 0 Å². The predicted molar refractivity (Wildman–Crippen MR) is 102 cm³/mol. The first kappa shape index (κ1) is 18.0. The van der Waals surface area contributed by atoms with E-state index in [1.165, 1.54) is 5.56 Å². The lowest BCUT2D eigenvalue weighted by Gasteiger charge is -2.08. The van der Waals surface area contributed by atoms with Crippen LogP contribution in [0.25, 0.3) is 11.3 Å². The van der Waals surface area contributed by atoms with E-state index in [1.54, 1.807) is 18.3 Å². The van der Waals surface area contributed by atoms with E-state index in [0.717, 1.165) is 17.7 Å². The Morgan fingerprint density at radius 3 is 3.07 bits per heavy atom. The molecule has 7 heteroatoms. The molecule has 7 nitrogen and oxygen atoms in total. The van der Waals surface area contributed by atoms with E-state index in [4.69, 9.17) is 14.0 Å². The van der Waals surface area contributed by atoms with Gasteiger partial charge in [-0.3, -0.25) is 4.79 Å². The molecule has 1 aromatic carbocycles. The first-order chi connectivity index (χ1) is 13.6. The average molecular weight is 379 g/mol. The zero-order valence-corrected chi connectivity index (χ0v) is 15.8. The van der Waals surface area contributed by atoms with Crippen LogP contribution >= 0.6 is 0 Å². The minimum Gasteiger partial charge on any atom is -0.490 e. The average Bonchev–Trinajstić information content (AvgIpc) is 3.31. The summed E-state index contributed by atoms with van der Waals surface area (Å²) in [6, 6.07) is 11.2. The minimum absolute atomic E-state index is 0.194. The largest absolute Gasteiger partial charge is 0.490 e. The fraction of sp³-hybridized carbons (Fsp3) is 0.286. The van der Waals surface area contributed by atoms with Crippen LogP contribution in [0, 0.1) is 0 Å². The molecule has 3 heterocycles. The van der Waals surface area contributed by atoms with Gasteiger partial charge in [0.25, 0.3) is 5.91 Å². The molecule has 0 bridgehead atoms. The molecule has 2 aromatic heterocycles. The maximum atomic E-state index is 12.4. The topological polar surface area (TPSA) is 86.5 Å². The van der Waals surface area contributed by atoms with E-state index in [1.807, 2.05) is 32.0 Å². The highest BCUT2D eigenvalue weighted by molar-refractivity contribution is 5.96. The van der Waals surface area contributed by atoms with Crippen molar-refractivity contribution in [2.24, 2.45) is 0 Å². The number of fused-ring (bicyclic) bond motifs is 1. The summed E-state index contributed by atoms with van der Waals surface area (Å²) in [6.07, 6.45) is 2.70. The molecule has 1 N–H and O–H groups in total. The number of benzene rings is 1. The van der Waals surface area contributed by atoms with Gasteiger partial charge in [-0.25, -0.2) is 4.98 Å². The van der Waals surface area contributed by atoms with Crippen LogP contribution in [0.1, 0.15) is 35.5 Å². The number of pyridine rings is 1. The van der Waals surface area contributed by atoms with Gasteiger partial charge >= 0.3 is 0 Å². The van der Waals surface area contributed by atoms with Gasteiger partial charge in [0.1, 0.15) is 23.1 Å². The molecular weight excluding hydrogens is 358 g/mol. The zero-order chi connectivity index (χ0) is 19.5. The molecule has 28 heavy (non-hydrogen) atoms. The highest BCUT2D eigenvalue weighted by Crippen LogP contribution is 2.33. The SMILES string of the molecule is CCOc1ncccc1C(=O)NCc1cc(-c2ccc3c(c2)OC(C)C3)on1. The number of nitrogens with zero attached hydrogens (tertiary/aromatic N) is 2. The van der Waals surface area contributed by atoms with Gasteiger partial charge in [-0.15, -0.1) is 0 Å². The number of hydrogen-bond acceptors (Lipinski definition) is 6. The minimum atomic E-state index is -0.277. The van der Waals surface area contributed by atoms with Crippen LogP contribution in [-0.4, -0.2) is 28.8 Å². The summed E-state index contributed by atoms with van der Waals surface area (Å²) in [7, 11) is 0. The van der Waals surface area contributed by atoms with E-state index in [2.05, 4.69) is 21.5 Å². The molecule has 4 rings (SSSR count). The summed E-state index contributed by atoms with van der Waals surface area (Å²) in [6.45, 7) is 4.57. The summed E-state index contributed by atoms with van der Waals surface area (Å²) >= 11 is 0. The van der Waals surface area contributed by atoms with Crippen molar-refractivity contribution in [2.45, 2.75) is 32.9 Å². The Balaban J connectivity index is 1.43. The monoisotopic (exact) mass is 379 g/mol. The lowest BCUT2D eigenvalue weighted by Crippen LogP contribution is -2.24. The molecule has 0 aliphatic carbocycles. The second-order valence-electron chi connectivity index (χ2n) is 6.61. The van der Waals surface area contributed by atoms with Crippen LogP contribution in [0.2, 0.25) is 0 Å². The van der Waals surface area contributed by atoms with Gasteiger partial charge in [0.05, 0.1) is 13.2 Å². The lowest BCUT2D eigenvalue weighted by molar-refractivity contribution is 0.0945. The van der Waals surface area contributed by atoms with E-state index in [0.29, 0.717) is 29.5 Å². The fourth-order valence-corrected chi connectivity index (χ4v) is 3.17. The smallest absolute Gasteiger partial charge is 0.257 e. The second kappa shape index (κ2) is 7.72. The fourth-order valence-electron chi connectivity index (χ4n) is 3.17. The third-order valence-electron chi connectivity index (χ3n) is 4.47. The molecule has 0 saturated carbocycles. The van der Waals surface area contributed by atoms with Crippen LogP contribution in [-0.2, 0) is 13.0 Å². The molecule has 3 aromatic rings. The Labute approximate surface area is 162 Å². The Bertz CT molecular complexity index is 999. The number of nitrogens with one attached hydrogen (secondary N) is 1. The van der Waals surface area contributed by atoms with Gasteiger partial charge < -0.3 is 19.3 Å². The maximum Gasteiger partial charge on any atom is 0.257 e. The van der Waals surface area contributed by atoms with Crippen LogP contribution in [0.5, 0.6) is 11.6 Å². The number of aromatic nitrogens is 2. The first-order valence-electron chi connectivity index (χ1n) is 9.25. The standard InChI is InChI=1S/C21H21N3O4/c1-3-26-21-17(5-4-8-22-21)20(25)23-12-16-11-19(28-24-16)15-7-6-14-9-13(2)27-18(14)10-15/h4-8,10-11,13H,3,9,12H2,1-2H3,(H,23,25). The lowest BCUT2D eigenvalue weighted by atomic mass is 10.1. The quantitative estimate of drug-likeness (QED) is 0.706. The highest BCUT2D eigenvalue weighted by Gasteiger charge is 2.20. The van der Waals surface area contributed by atoms with Crippen LogP contribution < -0.4 is 14.8 Å². The van der Waals surface area contributed by atoms with Crippen molar-refractivity contribution in [1.82, 2.24) is 15.5 Å². The predicted octanol–water partition coefficient (Wildman–Crippen LogP) is 3.39. The van der Waals surface area contributed by atoms with Gasteiger partial charge in [0, 0.05) is 24.2 Å². The third-order valence-corrected chi connectivity index (χ3v) is 4.47. The van der Waals surface area contributed by atoms with Crippen molar-refractivity contribution in [2.75, 3.05) is 6.61 Å². The molecule has 1 amide bonds. The Hall–Kier alpha value is -3.35. The molecular formula is C21H21N3O4. The number of carbonyl (C=O) groups excluding carboxylic acids is 1. The van der Waals surface area contributed by atoms with E-state index < -0.39 is 0 Å². The van der Waals surface area contributed by atoms with Crippen molar-refractivity contribution in [3.8, 4) is 23.0 Å². The highest BCUT2D eigenvalue weighted by atomic mass is 16.5. The van der Waals surface area contributed by atoms with Gasteiger partial charge in [-0.05, 0) is 37.6 Å². The van der Waals surface area contributed by atoms with Crippen molar-refractivity contribution in [3.63, 3.8) is 0 Å². The molecule has 1 atom stereocenters. The Kier molecular flexibility index (Phi) is 4.97. The Morgan fingerprint density at radius 1 is 1.32 bits per heavy atom. The number of carbonyl (C=O) groups is 1. The summed E-state index contributed by atoms with van der Waals surface area (Å²) in [5.74, 6) is 1.56. The van der Waals surface area contributed by atoms with Gasteiger partial charge in [-0.1, -0.05) is 17.3 Å². The normalized spacial score (nSPS) is 15.0. The Morgan fingerprint density at radius 2 is 2.21 bits per heavy atom.